The van der Waals surface area contributed by atoms with E-state index in [-0.39, 0.29) is 12.2 Å². The molecule has 2 aromatic rings. The number of aromatic nitrogens is 2. The van der Waals surface area contributed by atoms with Crippen molar-refractivity contribution < 1.29 is 14.7 Å². The van der Waals surface area contributed by atoms with Crippen molar-refractivity contribution in [1.82, 2.24) is 10.2 Å². The number of aliphatic hydroxyl groups is 1. The molecule has 6 nitrogen and oxygen atoms in total. The number of unbranched alkanes of at least 4 members (excludes halogenated alkanes) is 1. The number of aromatic amines is 1. The van der Waals surface area contributed by atoms with Gasteiger partial charge in [-0.3, -0.25) is 14.7 Å². The zero-order chi connectivity index (χ0) is 19.1. The van der Waals surface area contributed by atoms with Gasteiger partial charge in [0.25, 0.3) is 5.91 Å². The molecule has 1 aromatic heterocycles. The van der Waals surface area contributed by atoms with Crippen molar-refractivity contribution in [2.75, 3.05) is 11.4 Å². The number of hydrogen-bond acceptors (Lipinski definition) is 4. The first-order valence-electron chi connectivity index (χ1n) is 8.68. The number of ketones is 1. The highest BCUT2D eigenvalue weighted by molar-refractivity contribution is 9.10. The lowest BCUT2D eigenvalue weighted by molar-refractivity contribution is -0.135. The van der Waals surface area contributed by atoms with E-state index in [0.717, 1.165) is 17.3 Å². The molecular formula is C19H22BrN3O3. The van der Waals surface area contributed by atoms with Crippen LogP contribution in [0.3, 0.4) is 0 Å². The number of nitrogens with zero attached hydrogens (tertiary/aromatic N) is 2. The van der Waals surface area contributed by atoms with Crippen molar-refractivity contribution in [1.29, 1.82) is 0 Å². The van der Waals surface area contributed by atoms with Gasteiger partial charge in [0.1, 0.15) is 0 Å². The van der Waals surface area contributed by atoms with E-state index in [1.165, 1.54) is 0 Å². The Labute approximate surface area is 160 Å². The van der Waals surface area contributed by atoms with Gasteiger partial charge in [-0.2, -0.15) is 5.10 Å². The zero-order valence-electron chi connectivity index (χ0n) is 15.1. The van der Waals surface area contributed by atoms with Gasteiger partial charge < -0.3 is 10.0 Å². The van der Waals surface area contributed by atoms with E-state index >= 15 is 0 Å². The molecule has 1 aliphatic heterocycles. The van der Waals surface area contributed by atoms with Gasteiger partial charge in [-0.05, 0) is 38.5 Å². The molecular weight excluding hydrogens is 398 g/mol. The molecule has 0 spiro atoms. The van der Waals surface area contributed by atoms with Crippen LogP contribution in [0.15, 0.2) is 22.7 Å². The summed E-state index contributed by atoms with van der Waals surface area (Å²) >= 11 is 3.40. The van der Waals surface area contributed by atoms with E-state index in [0.29, 0.717) is 34.7 Å². The van der Waals surface area contributed by atoms with E-state index < -0.39 is 11.5 Å². The lowest BCUT2D eigenvalue weighted by Gasteiger charge is -2.22. The van der Waals surface area contributed by atoms with Crippen LogP contribution in [0.4, 0.5) is 5.69 Å². The second-order valence-electron chi connectivity index (χ2n) is 6.74. The number of anilines is 1. The van der Waals surface area contributed by atoms with E-state index in [4.69, 9.17) is 0 Å². The molecule has 0 aliphatic carbocycles. The number of Topliss-reactive ketones (excluding diaryl/α,β-unsaturated/α-hetero) is 1. The summed E-state index contributed by atoms with van der Waals surface area (Å²) in [4.78, 5) is 27.5. The van der Waals surface area contributed by atoms with Gasteiger partial charge in [0.05, 0.1) is 23.4 Å². The molecule has 0 fully saturated rings. The number of hydrogen-bond donors (Lipinski definition) is 2. The van der Waals surface area contributed by atoms with Gasteiger partial charge in [0, 0.05) is 22.3 Å². The fourth-order valence-electron chi connectivity index (χ4n) is 3.51. The first kappa shape index (κ1) is 18.8. The van der Waals surface area contributed by atoms with Crippen LogP contribution in [-0.4, -0.2) is 33.5 Å². The minimum atomic E-state index is -1.86. The molecule has 0 unspecified atom stereocenters. The topological polar surface area (TPSA) is 86.3 Å². The fourth-order valence-corrected chi connectivity index (χ4v) is 3.88. The molecule has 1 aliphatic rings. The Hall–Kier alpha value is -1.99. The van der Waals surface area contributed by atoms with Gasteiger partial charge in [0.2, 0.25) is 0 Å². The third-order valence-electron chi connectivity index (χ3n) is 4.85. The third kappa shape index (κ3) is 2.99. The maximum atomic E-state index is 13.1. The molecule has 1 atom stereocenters. The number of nitrogens with one attached hydrogen (secondary N) is 1. The number of carbonyl (C=O) groups is 2. The maximum absolute atomic E-state index is 13.1. The van der Waals surface area contributed by atoms with Crippen molar-refractivity contribution in [2.24, 2.45) is 0 Å². The Balaban J connectivity index is 2.01. The molecule has 0 radical (unpaired) electrons. The van der Waals surface area contributed by atoms with Gasteiger partial charge in [-0.15, -0.1) is 0 Å². The van der Waals surface area contributed by atoms with Crippen LogP contribution in [0.1, 0.15) is 53.5 Å². The minimum absolute atomic E-state index is 0.298. The summed E-state index contributed by atoms with van der Waals surface area (Å²) in [6.07, 6.45) is 1.45. The van der Waals surface area contributed by atoms with Gasteiger partial charge in [-0.1, -0.05) is 29.3 Å². The van der Waals surface area contributed by atoms with Crippen LogP contribution in [0, 0.1) is 13.8 Å². The summed E-state index contributed by atoms with van der Waals surface area (Å²) in [6.45, 7) is 6.05. The molecule has 26 heavy (non-hydrogen) atoms. The Morgan fingerprint density at radius 3 is 2.73 bits per heavy atom. The number of rotatable bonds is 6. The summed E-state index contributed by atoms with van der Waals surface area (Å²) in [5, 5.41) is 18.1. The average Bonchev–Trinajstić information content (AvgIpc) is 3.02. The van der Waals surface area contributed by atoms with Crippen LogP contribution < -0.4 is 4.90 Å². The molecule has 3 rings (SSSR count). The highest BCUT2D eigenvalue weighted by Crippen LogP contribution is 2.44. The third-order valence-corrected chi connectivity index (χ3v) is 5.35. The number of benzene rings is 1. The summed E-state index contributed by atoms with van der Waals surface area (Å²) in [7, 11) is 0. The molecule has 1 amide bonds. The van der Waals surface area contributed by atoms with E-state index in [1.54, 1.807) is 24.8 Å². The Morgan fingerprint density at radius 1 is 1.38 bits per heavy atom. The number of H-pyrrole nitrogens is 1. The monoisotopic (exact) mass is 419 g/mol. The molecule has 138 valence electrons. The number of amides is 1. The standard InChI is InChI=1S/C19H22BrN3O3/c1-4-5-8-23-15-7-6-13(20)9-14(15)19(26,18(23)25)10-16(24)17-11(2)21-22-12(17)3/h6-7,9,26H,4-5,8,10H2,1-3H3,(H,21,22)/t19-/m1/s1. The van der Waals surface area contributed by atoms with Crippen LogP contribution in [-0.2, 0) is 10.4 Å². The smallest absolute Gasteiger partial charge is 0.264 e. The number of halogens is 1. The van der Waals surface area contributed by atoms with Crippen molar-refractivity contribution in [3.8, 4) is 0 Å². The summed E-state index contributed by atoms with van der Waals surface area (Å²) in [5.41, 5.74) is 0.926. The molecule has 2 N–H and O–H groups in total. The zero-order valence-corrected chi connectivity index (χ0v) is 16.7. The lowest BCUT2D eigenvalue weighted by atomic mass is 9.87. The maximum Gasteiger partial charge on any atom is 0.264 e. The van der Waals surface area contributed by atoms with Crippen LogP contribution in [0.5, 0.6) is 0 Å². The largest absolute Gasteiger partial charge is 0.375 e. The Bertz CT molecular complexity index is 857. The number of carbonyl (C=O) groups excluding carboxylic acids is 2. The Morgan fingerprint density at radius 2 is 2.12 bits per heavy atom. The summed E-state index contributed by atoms with van der Waals surface area (Å²) in [6, 6.07) is 5.37. The van der Waals surface area contributed by atoms with E-state index in [1.807, 2.05) is 19.1 Å². The van der Waals surface area contributed by atoms with Crippen LogP contribution in [0.2, 0.25) is 0 Å². The van der Waals surface area contributed by atoms with E-state index in [9.17, 15) is 14.7 Å². The first-order valence-corrected chi connectivity index (χ1v) is 9.48. The van der Waals surface area contributed by atoms with Gasteiger partial charge in [-0.25, -0.2) is 0 Å². The van der Waals surface area contributed by atoms with Crippen LogP contribution >= 0.6 is 15.9 Å². The number of fused-ring (bicyclic) bond motifs is 1. The molecule has 1 aromatic carbocycles. The van der Waals surface area contributed by atoms with Crippen LogP contribution in [0.25, 0.3) is 0 Å². The highest BCUT2D eigenvalue weighted by atomic mass is 79.9. The Kier molecular flexibility index (Phi) is 5.03. The number of aryl methyl sites for hydroxylation is 2. The quantitative estimate of drug-likeness (QED) is 0.702. The van der Waals surface area contributed by atoms with E-state index in [2.05, 4.69) is 26.1 Å². The summed E-state index contributed by atoms with van der Waals surface area (Å²) in [5.74, 6) is -0.737. The second-order valence-corrected chi connectivity index (χ2v) is 7.66. The highest BCUT2D eigenvalue weighted by Gasteiger charge is 2.51. The molecule has 0 saturated carbocycles. The normalized spacial score (nSPS) is 19.1. The lowest BCUT2D eigenvalue weighted by Crippen LogP contribution is -2.42. The summed E-state index contributed by atoms with van der Waals surface area (Å²) < 4.78 is 0.753. The van der Waals surface area contributed by atoms with Gasteiger partial charge >= 0.3 is 0 Å². The van der Waals surface area contributed by atoms with Crippen molar-refractivity contribution in [3.05, 3.63) is 45.2 Å². The SMILES string of the molecule is CCCCN1C(=O)[C@@](O)(CC(=O)c2c(C)n[nH]c2C)c2cc(Br)ccc21. The van der Waals surface area contributed by atoms with Crippen molar-refractivity contribution >= 4 is 33.3 Å². The molecule has 0 saturated heterocycles. The second kappa shape index (κ2) is 6.96. The predicted molar refractivity (Wildman–Crippen MR) is 102 cm³/mol. The predicted octanol–water partition coefficient (Wildman–Crippen LogP) is 3.40. The minimum Gasteiger partial charge on any atom is -0.375 e. The van der Waals surface area contributed by atoms with Crippen molar-refractivity contribution in [2.45, 2.75) is 45.6 Å². The molecule has 0 bridgehead atoms. The van der Waals surface area contributed by atoms with Crippen molar-refractivity contribution in [3.63, 3.8) is 0 Å². The first-order chi connectivity index (χ1) is 12.3. The average molecular weight is 420 g/mol. The fraction of sp³-hybridized carbons (Fsp3) is 0.421. The molecule has 7 heteroatoms. The molecule has 2 heterocycles. The van der Waals surface area contributed by atoms with Gasteiger partial charge in [0.15, 0.2) is 11.4 Å².